The minimum atomic E-state index is 0.148. The average molecular weight is 217 g/mol. The number of nitrogens with one attached hydrogen (secondary N) is 1. The lowest BCUT2D eigenvalue weighted by Crippen LogP contribution is -2.42. The summed E-state index contributed by atoms with van der Waals surface area (Å²) >= 11 is 0. The van der Waals surface area contributed by atoms with E-state index in [0.717, 1.165) is 19.5 Å². The van der Waals surface area contributed by atoms with Crippen molar-refractivity contribution in [1.82, 2.24) is 10.3 Å². The predicted molar refractivity (Wildman–Crippen MR) is 60.0 cm³/mol. The zero-order chi connectivity index (χ0) is 11.4. The Hall–Kier alpha value is -1.60. The molecule has 1 N–H and O–H groups in total. The van der Waals surface area contributed by atoms with Crippen LogP contribution in [0.25, 0.3) is 0 Å². The third-order valence-corrected chi connectivity index (χ3v) is 2.87. The van der Waals surface area contributed by atoms with Gasteiger partial charge in [0.15, 0.2) is 0 Å². The van der Waals surface area contributed by atoms with Crippen LogP contribution in [0.2, 0.25) is 0 Å². The quantitative estimate of drug-likeness (QED) is 0.812. The highest BCUT2D eigenvalue weighted by atomic mass is 16.5. The molecule has 1 saturated heterocycles. The summed E-state index contributed by atoms with van der Waals surface area (Å²) in [5.41, 5.74) is 0.397. The number of hydrogen-bond donors (Lipinski definition) is 1. The maximum atomic E-state index is 8.74. The van der Waals surface area contributed by atoms with Crippen LogP contribution in [0.15, 0.2) is 18.2 Å². The number of nitrogens with zero attached hydrogens (tertiary/aromatic N) is 2. The number of nitriles is 1. The molecule has 2 atom stereocenters. The fourth-order valence-electron chi connectivity index (χ4n) is 1.82. The number of aromatic nitrogens is 1. The Bertz CT molecular complexity index is 399. The van der Waals surface area contributed by atoms with Crippen LogP contribution in [-0.4, -0.2) is 24.2 Å². The summed E-state index contributed by atoms with van der Waals surface area (Å²) in [5, 5.41) is 12.0. The molecule has 2 heterocycles. The van der Waals surface area contributed by atoms with E-state index in [-0.39, 0.29) is 6.10 Å². The molecule has 1 aliphatic heterocycles. The molecule has 16 heavy (non-hydrogen) atoms. The van der Waals surface area contributed by atoms with Crippen molar-refractivity contribution in [3.05, 3.63) is 23.9 Å². The third kappa shape index (κ3) is 2.50. The van der Waals surface area contributed by atoms with E-state index in [1.54, 1.807) is 18.2 Å². The van der Waals surface area contributed by atoms with Gasteiger partial charge < -0.3 is 10.1 Å². The van der Waals surface area contributed by atoms with Crippen molar-refractivity contribution in [2.24, 2.45) is 5.92 Å². The molecule has 0 amide bonds. The topological polar surface area (TPSA) is 57.9 Å². The van der Waals surface area contributed by atoms with Gasteiger partial charge >= 0.3 is 0 Å². The van der Waals surface area contributed by atoms with E-state index in [1.165, 1.54) is 0 Å². The summed E-state index contributed by atoms with van der Waals surface area (Å²) in [6.45, 7) is 4.08. The van der Waals surface area contributed by atoms with Gasteiger partial charge in [-0.05, 0) is 24.9 Å². The van der Waals surface area contributed by atoms with Crippen molar-refractivity contribution in [2.45, 2.75) is 19.4 Å². The first-order valence-corrected chi connectivity index (χ1v) is 5.54. The molecular weight excluding hydrogens is 202 g/mol. The van der Waals surface area contributed by atoms with Crippen LogP contribution < -0.4 is 10.1 Å². The third-order valence-electron chi connectivity index (χ3n) is 2.87. The summed E-state index contributed by atoms with van der Waals surface area (Å²) in [6.07, 6.45) is 1.26. The highest BCUT2D eigenvalue weighted by Crippen LogP contribution is 2.18. The minimum absolute atomic E-state index is 0.148. The van der Waals surface area contributed by atoms with Gasteiger partial charge in [-0.2, -0.15) is 5.26 Å². The lowest BCUT2D eigenvalue weighted by Gasteiger charge is -2.29. The second-order valence-electron chi connectivity index (χ2n) is 4.10. The van der Waals surface area contributed by atoms with Gasteiger partial charge in [0.2, 0.25) is 5.88 Å². The van der Waals surface area contributed by atoms with E-state index in [1.807, 2.05) is 6.07 Å². The summed E-state index contributed by atoms with van der Waals surface area (Å²) in [4.78, 5) is 4.11. The molecule has 1 aliphatic rings. The number of rotatable bonds is 2. The van der Waals surface area contributed by atoms with Crippen LogP contribution in [0.1, 0.15) is 19.0 Å². The number of piperidine rings is 1. The van der Waals surface area contributed by atoms with Crippen molar-refractivity contribution in [3.63, 3.8) is 0 Å². The van der Waals surface area contributed by atoms with Gasteiger partial charge in [-0.25, -0.2) is 4.98 Å². The maximum absolute atomic E-state index is 8.74. The number of hydrogen-bond acceptors (Lipinski definition) is 4. The van der Waals surface area contributed by atoms with Crippen LogP contribution >= 0.6 is 0 Å². The first-order valence-electron chi connectivity index (χ1n) is 5.54. The van der Waals surface area contributed by atoms with Gasteiger partial charge in [-0.3, -0.25) is 0 Å². The molecule has 1 fully saturated rings. The zero-order valence-corrected chi connectivity index (χ0v) is 9.31. The van der Waals surface area contributed by atoms with Crippen LogP contribution in [0, 0.1) is 17.2 Å². The molecule has 0 bridgehead atoms. The first kappa shape index (κ1) is 10.9. The Morgan fingerprint density at radius 2 is 2.44 bits per heavy atom. The highest BCUT2D eigenvalue weighted by Gasteiger charge is 2.22. The maximum Gasteiger partial charge on any atom is 0.214 e. The van der Waals surface area contributed by atoms with Crippen molar-refractivity contribution >= 4 is 0 Å². The van der Waals surface area contributed by atoms with Gasteiger partial charge in [-0.15, -0.1) is 0 Å². The smallest absolute Gasteiger partial charge is 0.214 e. The molecule has 4 nitrogen and oxygen atoms in total. The second-order valence-corrected chi connectivity index (χ2v) is 4.10. The summed E-state index contributed by atoms with van der Waals surface area (Å²) in [6, 6.07) is 7.27. The fourth-order valence-corrected chi connectivity index (χ4v) is 1.82. The SMILES string of the molecule is CC1CCNCC1Oc1cccc(C#N)n1. The van der Waals surface area contributed by atoms with E-state index in [4.69, 9.17) is 10.00 Å². The molecule has 2 rings (SSSR count). The number of pyridine rings is 1. The molecule has 0 aromatic carbocycles. The lowest BCUT2D eigenvalue weighted by molar-refractivity contribution is 0.109. The molecule has 4 heteroatoms. The molecule has 0 spiro atoms. The van der Waals surface area contributed by atoms with E-state index < -0.39 is 0 Å². The molecule has 1 aromatic rings. The molecule has 0 aliphatic carbocycles. The van der Waals surface area contributed by atoms with Crippen LogP contribution in [-0.2, 0) is 0 Å². The van der Waals surface area contributed by atoms with Gasteiger partial charge in [-0.1, -0.05) is 13.0 Å². The Balaban J connectivity index is 2.05. The van der Waals surface area contributed by atoms with Gasteiger partial charge in [0.05, 0.1) is 0 Å². The highest BCUT2D eigenvalue weighted by molar-refractivity contribution is 5.24. The van der Waals surface area contributed by atoms with E-state index >= 15 is 0 Å². The summed E-state index contributed by atoms with van der Waals surface area (Å²) in [7, 11) is 0. The Morgan fingerprint density at radius 3 is 3.19 bits per heavy atom. The van der Waals surface area contributed by atoms with Gasteiger partial charge in [0.25, 0.3) is 0 Å². The molecule has 0 saturated carbocycles. The second kappa shape index (κ2) is 4.95. The molecular formula is C12H15N3O. The van der Waals surface area contributed by atoms with Crippen LogP contribution in [0.5, 0.6) is 5.88 Å². The minimum Gasteiger partial charge on any atom is -0.473 e. The Morgan fingerprint density at radius 1 is 1.56 bits per heavy atom. The van der Waals surface area contributed by atoms with Crippen LogP contribution in [0.3, 0.4) is 0 Å². The molecule has 1 aromatic heterocycles. The summed E-state index contributed by atoms with van der Waals surface area (Å²) < 4.78 is 5.79. The normalized spacial score (nSPS) is 24.8. The monoisotopic (exact) mass is 217 g/mol. The zero-order valence-electron chi connectivity index (χ0n) is 9.31. The van der Waals surface area contributed by atoms with Gasteiger partial charge in [0, 0.05) is 12.6 Å². The van der Waals surface area contributed by atoms with Crippen molar-refractivity contribution < 1.29 is 4.74 Å². The predicted octanol–water partition coefficient (Wildman–Crippen LogP) is 1.33. The van der Waals surface area contributed by atoms with E-state index in [2.05, 4.69) is 17.2 Å². The largest absolute Gasteiger partial charge is 0.473 e. The Kier molecular flexibility index (Phi) is 3.37. The van der Waals surface area contributed by atoms with Crippen molar-refractivity contribution in [2.75, 3.05) is 13.1 Å². The first-order chi connectivity index (χ1) is 7.79. The average Bonchev–Trinajstić information content (AvgIpc) is 2.32. The van der Waals surface area contributed by atoms with Crippen molar-refractivity contribution in [1.29, 1.82) is 5.26 Å². The molecule has 2 unspecified atom stereocenters. The van der Waals surface area contributed by atoms with E-state index in [0.29, 0.717) is 17.5 Å². The molecule has 84 valence electrons. The molecule has 0 radical (unpaired) electrons. The fraction of sp³-hybridized carbons (Fsp3) is 0.500. The number of ether oxygens (including phenoxy) is 1. The van der Waals surface area contributed by atoms with E-state index in [9.17, 15) is 0 Å². The van der Waals surface area contributed by atoms with Crippen LogP contribution in [0.4, 0.5) is 0 Å². The lowest BCUT2D eigenvalue weighted by atomic mass is 9.97. The standard InChI is InChI=1S/C12H15N3O/c1-9-5-6-14-8-11(9)16-12-4-2-3-10(7-13)15-12/h2-4,9,11,14H,5-6,8H2,1H3. The summed E-state index contributed by atoms with van der Waals surface area (Å²) in [5.74, 6) is 1.06. The Labute approximate surface area is 95.3 Å². The van der Waals surface area contributed by atoms with Crippen molar-refractivity contribution in [3.8, 4) is 11.9 Å². The van der Waals surface area contributed by atoms with Gasteiger partial charge in [0.1, 0.15) is 17.9 Å².